The molecule has 0 saturated carbocycles. The van der Waals surface area contributed by atoms with Gasteiger partial charge in [0.1, 0.15) is 5.75 Å². The van der Waals surface area contributed by atoms with E-state index in [0.29, 0.717) is 36.2 Å². The largest absolute Gasteiger partial charge is 0.481 e. The van der Waals surface area contributed by atoms with Crippen molar-refractivity contribution in [3.63, 3.8) is 0 Å². The van der Waals surface area contributed by atoms with Gasteiger partial charge in [-0.25, -0.2) is 4.98 Å². The molecule has 6 heteroatoms. The summed E-state index contributed by atoms with van der Waals surface area (Å²) in [5, 5.41) is 12.3. The van der Waals surface area contributed by atoms with Crippen LogP contribution in [-0.4, -0.2) is 22.1 Å². The Bertz CT molecular complexity index is 690. The van der Waals surface area contributed by atoms with Crippen molar-refractivity contribution in [2.75, 3.05) is 5.73 Å². The first kappa shape index (κ1) is 18.7. The molecule has 0 unspecified atom stereocenters. The molecule has 0 fully saturated rings. The second-order valence-corrected chi connectivity index (χ2v) is 6.30. The van der Waals surface area contributed by atoms with Gasteiger partial charge in [0.15, 0.2) is 0 Å². The summed E-state index contributed by atoms with van der Waals surface area (Å²) in [5.74, 6) is 0.723. The fourth-order valence-corrected chi connectivity index (χ4v) is 2.50. The third-order valence-corrected chi connectivity index (χ3v) is 3.99. The lowest BCUT2D eigenvalue weighted by Crippen LogP contribution is -2.34. The third-order valence-electron chi connectivity index (χ3n) is 3.99. The molecule has 0 aliphatic heterocycles. The second kappa shape index (κ2) is 9.03. The van der Waals surface area contributed by atoms with Crippen molar-refractivity contribution in [2.24, 2.45) is 5.92 Å². The van der Waals surface area contributed by atoms with Crippen LogP contribution in [-0.2, 0) is 11.3 Å². The average molecular weight is 343 g/mol. The monoisotopic (exact) mass is 343 g/mol. The highest BCUT2D eigenvalue weighted by atomic mass is 16.5. The Morgan fingerprint density at radius 1 is 1.32 bits per heavy atom. The maximum atomic E-state index is 10.8. The molecular weight excluding hydrogens is 318 g/mol. The van der Waals surface area contributed by atoms with Gasteiger partial charge in [-0.3, -0.25) is 4.79 Å². The van der Waals surface area contributed by atoms with Crippen molar-refractivity contribution in [1.29, 1.82) is 0 Å². The Morgan fingerprint density at radius 3 is 2.68 bits per heavy atom. The first-order valence-corrected chi connectivity index (χ1v) is 8.38. The maximum absolute atomic E-state index is 10.8. The van der Waals surface area contributed by atoms with Crippen LogP contribution in [0.3, 0.4) is 0 Å². The van der Waals surface area contributed by atoms with E-state index in [2.05, 4.69) is 24.1 Å². The molecule has 0 saturated heterocycles. The van der Waals surface area contributed by atoms with Crippen molar-refractivity contribution >= 4 is 11.7 Å². The van der Waals surface area contributed by atoms with Gasteiger partial charge < -0.3 is 20.9 Å². The van der Waals surface area contributed by atoms with Crippen LogP contribution in [0.15, 0.2) is 42.6 Å². The zero-order valence-corrected chi connectivity index (χ0v) is 14.6. The van der Waals surface area contributed by atoms with Crippen LogP contribution in [0.2, 0.25) is 0 Å². The van der Waals surface area contributed by atoms with Crippen molar-refractivity contribution < 1.29 is 14.6 Å². The number of carboxylic acids is 1. The summed E-state index contributed by atoms with van der Waals surface area (Å²) < 4.78 is 5.74. The normalized spacial score (nSPS) is 12.1. The zero-order valence-electron chi connectivity index (χ0n) is 14.6. The van der Waals surface area contributed by atoms with Crippen LogP contribution in [0.4, 0.5) is 5.69 Å². The van der Waals surface area contributed by atoms with Crippen LogP contribution in [0.1, 0.15) is 32.3 Å². The molecule has 2 rings (SSSR count). The Labute approximate surface area is 148 Å². The van der Waals surface area contributed by atoms with E-state index in [1.807, 2.05) is 36.4 Å². The van der Waals surface area contributed by atoms with E-state index in [1.165, 1.54) is 0 Å². The van der Waals surface area contributed by atoms with E-state index in [1.54, 1.807) is 6.20 Å². The Hall–Kier alpha value is -2.60. The highest BCUT2D eigenvalue weighted by Crippen LogP contribution is 2.22. The molecule has 1 heterocycles. The van der Waals surface area contributed by atoms with E-state index < -0.39 is 5.97 Å². The number of nitrogen functional groups attached to an aromatic ring is 1. The number of rotatable bonds is 9. The maximum Gasteiger partial charge on any atom is 0.303 e. The van der Waals surface area contributed by atoms with Gasteiger partial charge in [0, 0.05) is 25.1 Å². The summed E-state index contributed by atoms with van der Waals surface area (Å²) in [6, 6.07) is 11.3. The van der Waals surface area contributed by atoms with Gasteiger partial charge in [-0.2, -0.15) is 0 Å². The third kappa shape index (κ3) is 6.08. The van der Waals surface area contributed by atoms with Crippen LogP contribution in [0.25, 0.3) is 0 Å². The van der Waals surface area contributed by atoms with Crippen molar-refractivity contribution in [2.45, 2.75) is 39.3 Å². The number of pyridine rings is 1. The van der Waals surface area contributed by atoms with Crippen LogP contribution in [0, 0.1) is 5.92 Å². The predicted molar refractivity (Wildman–Crippen MR) is 97.5 cm³/mol. The fraction of sp³-hybridized carbons (Fsp3) is 0.368. The molecule has 6 nitrogen and oxygen atoms in total. The lowest BCUT2D eigenvalue weighted by Gasteiger charge is -2.22. The minimum Gasteiger partial charge on any atom is -0.481 e. The first-order valence-electron chi connectivity index (χ1n) is 8.38. The molecule has 1 aromatic carbocycles. The van der Waals surface area contributed by atoms with Crippen LogP contribution >= 0.6 is 0 Å². The van der Waals surface area contributed by atoms with Gasteiger partial charge in [0.25, 0.3) is 0 Å². The summed E-state index contributed by atoms with van der Waals surface area (Å²) >= 11 is 0. The van der Waals surface area contributed by atoms with Crippen molar-refractivity contribution in [1.82, 2.24) is 10.3 Å². The summed E-state index contributed by atoms with van der Waals surface area (Å²) in [7, 11) is 0. The minimum atomic E-state index is -0.783. The SMILES string of the molecule is CC(C)[C@H](CCC(=O)O)NCc1cc(Oc2ccccc2)ncc1N. The van der Waals surface area contributed by atoms with Gasteiger partial charge in [-0.1, -0.05) is 32.0 Å². The topological polar surface area (TPSA) is 97.5 Å². The highest BCUT2D eigenvalue weighted by molar-refractivity contribution is 5.66. The lowest BCUT2D eigenvalue weighted by molar-refractivity contribution is -0.137. The molecule has 1 aromatic heterocycles. The van der Waals surface area contributed by atoms with Crippen molar-refractivity contribution in [3.8, 4) is 11.6 Å². The first-order chi connectivity index (χ1) is 12.0. The number of ether oxygens (including phenoxy) is 1. The van der Waals surface area contributed by atoms with Crippen molar-refractivity contribution in [3.05, 3.63) is 48.2 Å². The van der Waals surface area contributed by atoms with Gasteiger partial charge in [-0.15, -0.1) is 0 Å². The number of nitrogens with two attached hydrogens (primary N) is 1. The van der Waals surface area contributed by atoms with E-state index in [9.17, 15) is 4.79 Å². The van der Waals surface area contributed by atoms with Crippen LogP contribution in [0.5, 0.6) is 11.6 Å². The molecule has 0 spiro atoms. The van der Waals surface area contributed by atoms with E-state index in [4.69, 9.17) is 15.6 Å². The molecule has 0 bridgehead atoms. The Morgan fingerprint density at radius 2 is 2.04 bits per heavy atom. The standard InChI is InChI=1S/C19H25N3O3/c1-13(2)17(8-9-19(23)24)21-11-14-10-18(22-12-16(14)20)25-15-6-4-3-5-7-15/h3-7,10,12-13,17,21H,8-9,11,20H2,1-2H3,(H,23,24)/t17-/m0/s1. The summed E-state index contributed by atoms with van der Waals surface area (Å²) in [6.45, 7) is 4.67. The number of carboxylic acid groups (broad SMARTS) is 1. The average Bonchev–Trinajstić information content (AvgIpc) is 2.57. The van der Waals surface area contributed by atoms with E-state index in [0.717, 1.165) is 5.56 Å². The number of aromatic nitrogens is 1. The number of carbonyl (C=O) groups is 1. The Kier molecular flexibility index (Phi) is 6.77. The molecule has 0 aliphatic carbocycles. The summed E-state index contributed by atoms with van der Waals surface area (Å²) in [6.07, 6.45) is 2.30. The zero-order chi connectivity index (χ0) is 18.2. The lowest BCUT2D eigenvalue weighted by atomic mass is 9.99. The number of benzene rings is 1. The number of aliphatic carboxylic acids is 1. The van der Waals surface area contributed by atoms with Gasteiger partial charge in [0.05, 0.1) is 11.9 Å². The van der Waals surface area contributed by atoms with Crippen LogP contribution < -0.4 is 15.8 Å². The number of para-hydroxylation sites is 1. The number of hydrogen-bond acceptors (Lipinski definition) is 5. The fourth-order valence-electron chi connectivity index (χ4n) is 2.50. The number of hydrogen-bond donors (Lipinski definition) is 3. The highest BCUT2D eigenvalue weighted by Gasteiger charge is 2.15. The molecule has 0 amide bonds. The smallest absolute Gasteiger partial charge is 0.303 e. The molecule has 4 N–H and O–H groups in total. The molecule has 1 atom stereocenters. The van der Waals surface area contributed by atoms with E-state index in [-0.39, 0.29) is 12.5 Å². The summed E-state index contributed by atoms with van der Waals surface area (Å²) in [5.41, 5.74) is 7.47. The van der Waals surface area contributed by atoms with Gasteiger partial charge in [0.2, 0.25) is 5.88 Å². The van der Waals surface area contributed by atoms with Gasteiger partial charge in [-0.05, 0) is 30.0 Å². The predicted octanol–water partition coefficient (Wildman–Crippen LogP) is 3.44. The van der Waals surface area contributed by atoms with E-state index >= 15 is 0 Å². The molecular formula is C19H25N3O3. The van der Waals surface area contributed by atoms with Gasteiger partial charge >= 0.3 is 5.97 Å². The number of anilines is 1. The second-order valence-electron chi connectivity index (χ2n) is 6.30. The summed E-state index contributed by atoms with van der Waals surface area (Å²) in [4.78, 5) is 15.0. The minimum absolute atomic E-state index is 0.0992. The molecule has 2 aromatic rings. The number of nitrogens with one attached hydrogen (secondary N) is 1. The molecule has 134 valence electrons. The molecule has 25 heavy (non-hydrogen) atoms. The quantitative estimate of drug-likeness (QED) is 0.645. The Balaban J connectivity index is 2.02. The molecule has 0 radical (unpaired) electrons. The molecule has 0 aliphatic rings. The number of nitrogens with zero attached hydrogens (tertiary/aromatic N) is 1.